The van der Waals surface area contributed by atoms with Gasteiger partial charge in [-0.15, -0.1) is 0 Å². The molecule has 66 valence electrons. The summed E-state index contributed by atoms with van der Waals surface area (Å²) in [6, 6.07) is 0. The van der Waals surface area contributed by atoms with E-state index < -0.39 is 5.97 Å². The molecule has 1 heterocycles. The van der Waals surface area contributed by atoms with Crippen LogP contribution in [-0.4, -0.2) is 17.6 Å². The van der Waals surface area contributed by atoms with Gasteiger partial charge in [-0.2, -0.15) is 0 Å². The van der Waals surface area contributed by atoms with E-state index in [4.69, 9.17) is 27.9 Å². The van der Waals surface area contributed by atoms with Crippen molar-refractivity contribution in [2.45, 2.75) is 6.92 Å². The molecule has 0 atom stereocenters. The topological polar surface area (TPSA) is 42.1 Å². The van der Waals surface area contributed by atoms with Gasteiger partial charge in [0.2, 0.25) is 0 Å². The van der Waals surface area contributed by atoms with Crippen LogP contribution in [0, 0.1) is 0 Å². The van der Waals surface area contributed by atoms with Crippen LogP contribution in [0.5, 0.6) is 0 Å². The summed E-state index contributed by atoms with van der Waals surface area (Å²) in [6.07, 6.45) is 1.42. The number of carbonyl (C=O) groups is 1. The van der Waals surface area contributed by atoms with Crippen LogP contribution in [-0.2, 0) is 4.74 Å². The third-order valence-electron chi connectivity index (χ3n) is 1.27. The van der Waals surface area contributed by atoms with Crippen LogP contribution in [0.3, 0.4) is 0 Å². The van der Waals surface area contributed by atoms with Crippen molar-refractivity contribution in [2.75, 3.05) is 6.61 Å². The summed E-state index contributed by atoms with van der Waals surface area (Å²) in [5.41, 5.74) is 0.267. The molecule has 0 radical (unpaired) electrons. The van der Waals surface area contributed by atoms with E-state index >= 15 is 0 Å². The van der Waals surface area contributed by atoms with Gasteiger partial charge >= 0.3 is 5.97 Å². The summed E-state index contributed by atoms with van der Waals surface area (Å²) in [5, 5.41) is 0.454. The largest absolute Gasteiger partial charge is 0.462 e. The summed E-state index contributed by atoms with van der Waals surface area (Å²) in [5.74, 6) is -0.467. The van der Waals surface area contributed by atoms with Crippen molar-refractivity contribution < 1.29 is 9.53 Å². The van der Waals surface area contributed by atoms with E-state index in [1.807, 2.05) is 0 Å². The van der Waals surface area contributed by atoms with E-state index in [-0.39, 0.29) is 15.7 Å². The summed E-state index contributed by atoms with van der Waals surface area (Å²) in [7, 11) is 0. The van der Waals surface area contributed by atoms with Gasteiger partial charge in [-0.25, -0.2) is 4.79 Å². The van der Waals surface area contributed by atoms with Crippen molar-refractivity contribution in [3.05, 3.63) is 21.9 Å². The molecule has 0 saturated heterocycles. The smallest absolute Gasteiger partial charge is 0.341 e. The number of ether oxygens (including phenoxy) is 1. The van der Waals surface area contributed by atoms with Crippen molar-refractivity contribution >= 4 is 29.2 Å². The lowest BCUT2D eigenvalue weighted by Gasteiger charge is -1.97. The fourth-order valence-electron chi connectivity index (χ4n) is 0.738. The van der Waals surface area contributed by atoms with Crippen molar-refractivity contribution in [3.63, 3.8) is 0 Å². The number of halogens is 2. The van der Waals surface area contributed by atoms with Gasteiger partial charge < -0.3 is 9.72 Å². The Kier molecular flexibility index (Phi) is 3.00. The summed E-state index contributed by atoms with van der Waals surface area (Å²) in [4.78, 5) is 13.7. The summed E-state index contributed by atoms with van der Waals surface area (Å²) >= 11 is 11.3. The van der Waals surface area contributed by atoms with Crippen LogP contribution < -0.4 is 0 Å². The Hall–Kier alpha value is -0.670. The maximum atomic E-state index is 11.1. The Bertz CT molecular complexity index is 296. The van der Waals surface area contributed by atoms with E-state index in [0.717, 1.165) is 0 Å². The standard InChI is InChI=1S/C7H7Cl2NO2/c1-2-12-7(11)4-3-10-6(9)5(4)8/h3,10H,2H2,1H3. The number of carbonyl (C=O) groups excluding carboxylic acids is 1. The molecular weight excluding hydrogens is 201 g/mol. The minimum Gasteiger partial charge on any atom is -0.462 e. The lowest BCUT2D eigenvalue weighted by atomic mass is 10.3. The van der Waals surface area contributed by atoms with Crippen LogP contribution in [0.2, 0.25) is 10.2 Å². The molecule has 0 spiro atoms. The number of rotatable bonds is 2. The van der Waals surface area contributed by atoms with Gasteiger partial charge in [0.1, 0.15) is 5.15 Å². The van der Waals surface area contributed by atoms with Crippen molar-refractivity contribution in [3.8, 4) is 0 Å². The highest BCUT2D eigenvalue weighted by Crippen LogP contribution is 2.25. The number of H-pyrrole nitrogens is 1. The van der Waals surface area contributed by atoms with Crippen molar-refractivity contribution in [1.29, 1.82) is 0 Å². The van der Waals surface area contributed by atoms with Crippen LogP contribution >= 0.6 is 23.2 Å². The van der Waals surface area contributed by atoms with Gasteiger partial charge in [-0.1, -0.05) is 23.2 Å². The first kappa shape index (κ1) is 9.42. The Morgan fingerprint density at radius 2 is 2.33 bits per heavy atom. The van der Waals surface area contributed by atoms with Crippen molar-refractivity contribution in [1.82, 2.24) is 4.98 Å². The lowest BCUT2D eigenvalue weighted by molar-refractivity contribution is 0.0527. The lowest BCUT2D eigenvalue weighted by Crippen LogP contribution is -2.03. The van der Waals surface area contributed by atoms with Crippen LogP contribution in [0.1, 0.15) is 17.3 Å². The third-order valence-corrected chi connectivity index (χ3v) is 2.06. The molecule has 1 aromatic heterocycles. The number of nitrogens with one attached hydrogen (secondary N) is 1. The van der Waals surface area contributed by atoms with Gasteiger partial charge in [0, 0.05) is 6.20 Å². The molecule has 1 aromatic rings. The zero-order chi connectivity index (χ0) is 9.14. The molecule has 0 aliphatic heterocycles. The second-order valence-corrected chi connectivity index (χ2v) is 2.81. The monoisotopic (exact) mass is 207 g/mol. The fourth-order valence-corrected chi connectivity index (χ4v) is 1.08. The minimum atomic E-state index is -0.467. The Morgan fingerprint density at radius 3 is 2.75 bits per heavy atom. The third kappa shape index (κ3) is 1.73. The Morgan fingerprint density at radius 1 is 1.67 bits per heavy atom. The van der Waals surface area contributed by atoms with Crippen LogP contribution in [0.15, 0.2) is 6.20 Å². The summed E-state index contributed by atoms with van der Waals surface area (Å²) in [6.45, 7) is 2.04. The fraction of sp³-hybridized carbons (Fsp3) is 0.286. The van der Waals surface area contributed by atoms with Crippen LogP contribution in [0.4, 0.5) is 0 Å². The van der Waals surface area contributed by atoms with Crippen LogP contribution in [0.25, 0.3) is 0 Å². The second kappa shape index (κ2) is 3.83. The predicted molar refractivity (Wildman–Crippen MR) is 46.8 cm³/mol. The van der Waals surface area contributed by atoms with E-state index in [0.29, 0.717) is 6.61 Å². The molecule has 0 aromatic carbocycles. The van der Waals surface area contributed by atoms with Gasteiger partial charge in [0.15, 0.2) is 0 Å². The maximum absolute atomic E-state index is 11.1. The first-order chi connectivity index (χ1) is 5.66. The average Bonchev–Trinajstić information content (AvgIpc) is 2.34. The van der Waals surface area contributed by atoms with Crippen molar-refractivity contribution in [2.24, 2.45) is 0 Å². The molecule has 0 aliphatic rings. The zero-order valence-corrected chi connectivity index (χ0v) is 7.87. The first-order valence-corrected chi connectivity index (χ1v) is 4.12. The van der Waals surface area contributed by atoms with Gasteiger partial charge in [0.25, 0.3) is 0 Å². The highest BCUT2D eigenvalue weighted by atomic mass is 35.5. The average molecular weight is 208 g/mol. The highest BCUT2D eigenvalue weighted by Gasteiger charge is 2.15. The minimum absolute atomic E-state index is 0.204. The molecule has 0 fully saturated rings. The molecule has 3 nitrogen and oxygen atoms in total. The predicted octanol–water partition coefficient (Wildman–Crippen LogP) is 2.50. The normalized spacial score (nSPS) is 9.92. The highest BCUT2D eigenvalue weighted by molar-refractivity contribution is 6.43. The van der Waals surface area contributed by atoms with E-state index in [9.17, 15) is 4.79 Å². The SMILES string of the molecule is CCOC(=O)c1c[nH]c(Cl)c1Cl. The first-order valence-electron chi connectivity index (χ1n) is 3.36. The number of hydrogen-bond donors (Lipinski definition) is 1. The van der Waals surface area contributed by atoms with Gasteiger partial charge in [-0.3, -0.25) is 0 Å². The van der Waals surface area contributed by atoms with E-state index in [1.54, 1.807) is 6.92 Å². The van der Waals surface area contributed by atoms with E-state index in [1.165, 1.54) is 6.20 Å². The quantitative estimate of drug-likeness (QED) is 0.758. The summed E-state index contributed by atoms with van der Waals surface area (Å²) < 4.78 is 4.72. The molecule has 0 saturated carbocycles. The molecule has 0 unspecified atom stereocenters. The molecule has 0 bridgehead atoms. The molecule has 12 heavy (non-hydrogen) atoms. The Labute approximate surface area is 79.6 Å². The zero-order valence-electron chi connectivity index (χ0n) is 6.36. The molecule has 1 rings (SSSR count). The number of hydrogen-bond acceptors (Lipinski definition) is 2. The second-order valence-electron chi connectivity index (χ2n) is 2.05. The number of esters is 1. The number of aromatic amines is 1. The molecule has 0 amide bonds. The maximum Gasteiger partial charge on any atom is 0.341 e. The molecule has 0 aliphatic carbocycles. The van der Waals surface area contributed by atoms with E-state index in [2.05, 4.69) is 4.98 Å². The van der Waals surface area contributed by atoms with Gasteiger partial charge in [-0.05, 0) is 6.92 Å². The molecule has 1 N–H and O–H groups in total. The number of aromatic nitrogens is 1. The Balaban J connectivity index is 2.88. The van der Waals surface area contributed by atoms with Gasteiger partial charge in [0.05, 0.1) is 17.2 Å². The molecular formula is C7H7Cl2NO2. The molecule has 5 heteroatoms.